The molecule has 3 nitrogen and oxygen atoms in total. The van der Waals surface area contributed by atoms with Crippen molar-refractivity contribution < 1.29 is 14.3 Å². The Kier molecular flexibility index (Phi) is 5.38. The zero-order chi connectivity index (χ0) is 16.4. The first kappa shape index (κ1) is 17.9. The summed E-state index contributed by atoms with van der Waals surface area (Å²) in [6, 6.07) is 0. The van der Waals surface area contributed by atoms with E-state index < -0.39 is 0 Å². The monoisotopic (exact) mass is 310 g/mol. The zero-order valence-electron chi connectivity index (χ0n) is 15.1. The summed E-state index contributed by atoms with van der Waals surface area (Å²) in [6.07, 6.45) is 8.81. The van der Waals surface area contributed by atoms with Crippen molar-refractivity contribution in [2.75, 3.05) is 13.9 Å². The zero-order valence-corrected chi connectivity index (χ0v) is 15.1. The average molecular weight is 310 g/mol. The summed E-state index contributed by atoms with van der Waals surface area (Å²) in [7, 11) is 1.68. The second kappa shape index (κ2) is 6.60. The molecule has 0 aliphatic heterocycles. The van der Waals surface area contributed by atoms with Crippen LogP contribution in [0.3, 0.4) is 0 Å². The molecule has 22 heavy (non-hydrogen) atoms. The predicted molar refractivity (Wildman–Crippen MR) is 88.6 cm³/mol. The predicted octanol–water partition coefficient (Wildman–Crippen LogP) is 4.59. The van der Waals surface area contributed by atoms with Crippen LogP contribution in [0.2, 0.25) is 0 Å². The normalized spacial score (nSPS) is 41.0. The van der Waals surface area contributed by atoms with Gasteiger partial charge in [-0.05, 0) is 61.7 Å². The summed E-state index contributed by atoms with van der Waals surface area (Å²) < 4.78 is 11.4. The van der Waals surface area contributed by atoms with Gasteiger partial charge in [-0.15, -0.1) is 0 Å². The SMILES string of the molecule is COCO[C@]1(C)CCC2C(C)(C)CCC[C@]2(C)[C@H]1CCC=O. The summed E-state index contributed by atoms with van der Waals surface area (Å²) in [5.74, 6) is 1.16. The van der Waals surface area contributed by atoms with Gasteiger partial charge in [-0.2, -0.15) is 0 Å². The second-order valence-electron chi connectivity index (χ2n) is 8.60. The fourth-order valence-electron chi connectivity index (χ4n) is 5.84. The van der Waals surface area contributed by atoms with Crippen LogP contribution in [-0.2, 0) is 14.3 Å². The molecule has 2 aliphatic carbocycles. The van der Waals surface area contributed by atoms with Crippen LogP contribution < -0.4 is 0 Å². The number of hydrogen-bond donors (Lipinski definition) is 0. The lowest BCUT2D eigenvalue weighted by molar-refractivity contribution is -0.221. The maximum Gasteiger partial charge on any atom is 0.147 e. The molecule has 128 valence electrons. The molecule has 0 amide bonds. The van der Waals surface area contributed by atoms with Crippen molar-refractivity contribution in [1.29, 1.82) is 0 Å². The number of carbonyl (C=O) groups is 1. The molecule has 2 rings (SSSR count). The summed E-state index contributed by atoms with van der Waals surface area (Å²) in [5.41, 5.74) is 0.498. The van der Waals surface area contributed by atoms with E-state index in [0.29, 0.717) is 24.5 Å². The van der Waals surface area contributed by atoms with Crippen LogP contribution in [0.1, 0.15) is 72.6 Å². The van der Waals surface area contributed by atoms with Crippen molar-refractivity contribution in [3.8, 4) is 0 Å². The standard InChI is InChI=1S/C19H34O3/c1-17(2)10-7-11-18(3)15(17)9-12-19(4,22-14-21-5)16(18)8-6-13-20/h13,15-16H,6-12,14H2,1-5H3/t15?,16-,18+,19-/m1/s1. The molecule has 0 spiro atoms. The van der Waals surface area contributed by atoms with Gasteiger partial charge in [0.05, 0.1) is 5.60 Å². The lowest BCUT2D eigenvalue weighted by Gasteiger charge is -2.62. The quantitative estimate of drug-likeness (QED) is 0.532. The van der Waals surface area contributed by atoms with Crippen molar-refractivity contribution in [3.05, 3.63) is 0 Å². The minimum atomic E-state index is -0.169. The van der Waals surface area contributed by atoms with Crippen molar-refractivity contribution in [1.82, 2.24) is 0 Å². The van der Waals surface area contributed by atoms with E-state index in [4.69, 9.17) is 9.47 Å². The molecule has 0 aromatic rings. The highest BCUT2D eigenvalue weighted by Gasteiger charge is 2.58. The van der Waals surface area contributed by atoms with Gasteiger partial charge in [0.15, 0.2) is 0 Å². The number of hydrogen-bond acceptors (Lipinski definition) is 3. The van der Waals surface area contributed by atoms with Crippen molar-refractivity contribution in [2.24, 2.45) is 22.7 Å². The minimum absolute atomic E-state index is 0.169. The molecule has 0 radical (unpaired) electrons. The topological polar surface area (TPSA) is 35.5 Å². The first-order valence-corrected chi connectivity index (χ1v) is 8.87. The third-order valence-electron chi connectivity index (χ3n) is 6.82. The molecule has 2 aliphatic rings. The largest absolute Gasteiger partial charge is 0.359 e. The van der Waals surface area contributed by atoms with Crippen molar-refractivity contribution in [3.63, 3.8) is 0 Å². The fraction of sp³-hybridized carbons (Fsp3) is 0.947. The van der Waals surface area contributed by atoms with E-state index >= 15 is 0 Å². The van der Waals surface area contributed by atoms with Gasteiger partial charge in [-0.25, -0.2) is 0 Å². The molecule has 0 N–H and O–H groups in total. The van der Waals surface area contributed by atoms with Crippen molar-refractivity contribution >= 4 is 6.29 Å². The minimum Gasteiger partial charge on any atom is -0.359 e. The van der Waals surface area contributed by atoms with Crippen molar-refractivity contribution in [2.45, 2.75) is 78.2 Å². The van der Waals surface area contributed by atoms with E-state index in [9.17, 15) is 4.79 Å². The second-order valence-corrected chi connectivity index (χ2v) is 8.60. The molecule has 0 saturated heterocycles. The van der Waals surface area contributed by atoms with Crippen LogP contribution >= 0.6 is 0 Å². The average Bonchev–Trinajstić information content (AvgIpc) is 2.43. The Hall–Kier alpha value is -0.410. The molecule has 0 aromatic carbocycles. The highest BCUT2D eigenvalue weighted by atomic mass is 16.7. The van der Waals surface area contributed by atoms with Crippen LogP contribution in [0.15, 0.2) is 0 Å². The third kappa shape index (κ3) is 3.12. The van der Waals surface area contributed by atoms with E-state index in [2.05, 4.69) is 27.7 Å². The lowest BCUT2D eigenvalue weighted by Crippen LogP contribution is -2.58. The maximum atomic E-state index is 11.0. The Balaban J connectivity index is 2.32. The Morgan fingerprint density at radius 2 is 1.86 bits per heavy atom. The van der Waals surface area contributed by atoms with Gasteiger partial charge in [0.2, 0.25) is 0 Å². The number of fused-ring (bicyclic) bond motifs is 1. The van der Waals surface area contributed by atoms with E-state index in [1.807, 2.05) is 0 Å². The Morgan fingerprint density at radius 1 is 1.14 bits per heavy atom. The van der Waals surface area contributed by atoms with E-state index in [1.54, 1.807) is 7.11 Å². The van der Waals surface area contributed by atoms with Gasteiger partial charge in [-0.3, -0.25) is 0 Å². The number of ether oxygens (including phenoxy) is 2. The molecule has 0 heterocycles. The molecule has 4 atom stereocenters. The van der Waals surface area contributed by atoms with Crippen LogP contribution in [0.5, 0.6) is 0 Å². The summed E-state index contributed by atoms with van der Waals surface area (Å²) >= 11 is 0. The van der Waals surface area contributed by atoms with E-state index in [-0.39, 0.29) is 11.0 Å². The maximum absolute atomic E-state index is 11.0. The smallest absolute Gasteiger partial charge is 0.147 e. The molecule has 2 fully saturated rings. The van der Waals surface area contributed by atoms with Crippen LogP contribution in [0.4, 0.5) is 0 Å². The first-order valence-electron chi connectivity index (χ1n) is 8.87. The molecular weight excluding hydrogens is 276 g/mol. The van der Waals surface area contributed by atoms with Gasteiger partial charge >= 0.3 is 0 Å². The van der Waals surface area contributed by atoms with Crippen LogP contribution in [0.25, 0.3) is 0 Å². The van der Waals surface area contributed by atoms with Gasteiger partial charge in [0, 0.05) is 13.5 Å². The molecule has 0 aromatic heterocycles. The Labute approximate surface area is 136 Å². The Bertz CT molecular complexity index is 392. The van der Waals surface area contributed by atoms with Gasteiger partial charge in [0.25, 0.3) is 0 Å². The first-order chi connectivity index (χ1) is 10.3. The lowest BCUT2D eigenvalue weighted by atomic mass is 9.45. The summed E-state index contributed by atoms with van der Waals surface area (Å²) in [6.45, 7) is 9.92. The fourth-order valence-corrected chi connectivity index (χ4v) is 5.84. The number of aldehydes is 1. The van der Waals surface area contributed by atoms with Gasteiger partial charge in [-0.1, -0.05) is 27.2 Å². The number of carbonyl (C=O) groups excluding carboxylic acids is 1. The number of rotatable bonds is 6. The number of methoxy groups -OCH3 is 1. The molecule has 0 bridgehead atoms. The highest BCUT2D eigenvalue weighted by Crippen LogP contribution is 2.63. The van der Waals surface area contributed by atoms with Gasteiger partial charge in [0.1, 0.15) is 13.1 Å². The molecule has 1 unspecified atom stereocenters. The molecule has 2 saturated carbocycles. The summed E-state index contributed by atoms with van der Waals surface area (Å²) in [4.78, 5) is 11.0. The van der Waals surface area contributed by atoms with Crippen LogP contribution in [0, 0.1) is 22.7 Å². The van der Waals surface area contributed by atoms with E-state index in [0.717, 1.165) is 25.0 Å². The third-order valence-corrected chi connectivity index (χ3v) is 6.82. The highest BCUT2D eigenvalue weighted by molar-refractivity contribution is 5.49. The molecular formula is C19H34O3. The summed E-state index contributed by atoms with van der Waals surface area (Å²) in [5, 5.41) is 0. The van der Waals surface area contributed by atoms with E-state index in [1.165, 1.54) is 25.7 Å². The molecule has 3 heteroatoms. The van der Waals surface area contributed by atoms with Gasteiger partial charge < -0.3 is 14.3 Å². The Morgan fingerprint density at radius 3 is 2.50 bits per heavy atom. The van der Waals surface area contributed by atoms with Crippen LogP contribution in [-0.4, -0.2) is 25.8 Å².